The molecule has 0 nitrogen and oxygen atoms in total. The van der Waals surface area contributed by atoms with Gasteiger partial charge >= 0.3 is 0 Å². The molecule has 0 N–H and O–H groups in total. The van der Waals surface area contributed by atoms with Crippen LogP contribution in [-0.4, -0.2) is 19.4 Å². The molecule has 1 heterocycles. The molecule has 0 bridgehead atoms. The van der Waals surface area contributed by atoms with E-state index >= 15 is 0 Å². The molecule has 66 valence electrons. The van der Waals surface area contributed by atoms with Gasteiger partial charge in [0.1, 0.15) is 7.57 Å². The summed E-state index contributed by atoms with van der Waals surface area (Å²) in [6, 6.07) is 10.7. The summed E-state index contributed by atoms with van der Waals surface area (Å²) in [7, 11) is 5.94. The number of rotatable bonds is 2. The summed E-state index contributed by atoms with van der Waals surface area (Å²) in [5.41, 5.74) is 2.24. The van der Waals surface area contributed by atoms with Crippen molar-refractivity contribution >= 4 is 15.4 Å². The minimum Gasteiger partial charge on any atom is -0.154 e. The molecule has 1 fully saturated rings. The van der Waals surface area contributed by atoms with Crippen LogP contribution in [0.25, 0.3) is 0 Å². The lowest BCUT2D eigenvalue weighted by Crippen LogP contribution is -2.04. The van der Waals surface area contributed by atoms with Gasteiger partial charge in [-0.2, -0.15) is 7.80 Å². The Balaban J connectivity index is 1.98. The Morgan fingerprint density at radius 3 is 2.69 bits per heavy atom. The molecule has 0 aliphatic carbocycles. The van der Waals surface area contributed by atoms with Crippen LogP contribution in [0.15, 0.2) is 30.3 Å². The first-order valence-electron chi connectivity index (χ1n) is 4.91. The second kappa shape index (κ2) is 4.29. The molecule has 2 heteroatoms. The molecular formula is C11H14BP. The van der Waals surface area contributed by atoms with E-state index in [0.717, 1.165) is 5.66 Å². The van der Waals surface area contributed by atoms with Gasteiger partial charge in [0.05, 0.1) is 0 Å². The van der Waals surface area contributed by atoms with Crippen LogP contribution in [0.5, 0.6) is 0 Å². The Morgan fingerprint density at radius 2 is 2.08 bits per heavy atom. The average molecular weight is 188 g/mol. The van der Waals surface area contributed by atoms with Gasteiger partial charge in [0.25, 0.3) is 0 Å². The Labute approximate surface area is 82.9 Å². The first kappa shape index (κ1) is 9.28. The predicted octanol–water partition coefficient (Wildman–Crippen LogP) is 2.96. The van der Waals surface area contributed by atoms with Gasteiger partial charge in [-0.05, 0) is 36.6 Å². The zero-order valence-electron chi connectivity index (χ0n) is 7.82. The van der Waals surface area contributed by atoms with E-state index in [0.29, 0.717) is 0 Å². The minimum absolute atomic E-state index is 0.152. The number of benzene rings is 1. The van der Waals surface area contributed by atoms with Crippen molar-refractivity contribution in [1.82, 2.24) is 0 Å². The normalized spacial score (nSPS) is 27.7. The van der Waals surface area contributed by atoms with Crippen molar-refractivity contribution in [1.29, 1.82) is 0 Å². The van der Waals surface area contributed by atoms with Gasteiger partial charge in [-0.25, -0.2) is 0 Å². The lowest BCUT2D eigenvalue weighted by molar-refractivity contribution is 0.775. The molecule has 0 amide bonds. The second-order valence-corrected chi connectivity index (χ2v) is 5.93. The molecule has 1 aliphatic rings. The summed E-state index contributed by atoms with van der Waals surface area (Å²) >= 11 is 0. The Hall–Kier alpha value is -0.285. The molecular weight excluding hydrogens is 174 g/mol. The fourth-order valence-electron chi connectivity index (χ4n) is 1.96. The third-order valence-electron chi connectivity index (χ3n) is 2.74. The molecule has 13 heavy (non-hydrogen) atoms. The van der Waals surface area contributed by atoms with Crippen molar-refractivity contribution in [2.24, 2.45) is 0 Å². The molecule has 2 atom stereocenters. The van der Waals surface area contributed by atoms with E-state index in [1.807, 2.05) is 0 Å². The van der Waals surface area contributed by atoms with Crippen LogP contribution in [0.1, 0.15) is 18.4 Å². The van der Waals surface area contributed by atoms with Gasteiger partial charge in [-0.1, -0.05) is 30.3 Å². The van der Waals surface area contributed by atoms with Crippen LogP contribution in [0.2, 0.25) is 0 Å². The topological polar surface area (TPSA) is 0 Å². The van der Waals surface area contributed by atoms with Gasteiger partial charge in [0.2, 0.25) is 0 Å². The largest absolute Gasteiger partial charge is 0.154 e. The molecule has 1 aromatic carbocycles. The van der Waals surface area contributed by atoms with E-state index in [-0.39, 0.29) is 7.80 Å². The Morgan fingerprint density at radius 1 is 1.31 bits per heavy atom. The molecule has 1 saturated heterocycles. The highest BCUT2D eigenvalue weighted by Gasteiger charge is 2.21. The summed E-state index contributed by atoms with van der Waals surface area (Å²) in [5.74, 6) is 0. The summed E-state index contributed by atoms with van der Waals surface area (Å²) in [5, 5.41) is 0. The summed E-state index contributed by atoms with van der Waals surface area (Å²) in [6.45, 7) is 0. The zero-order chi connectivity index (χ0) is 9.10. The maximum Gasteiger partial charge on any atom is 0.109 e. The standard InChI is InChI=1S/C11H14BP/c12-13-8-4-7-11(13)9-10-5-2-1-3-6-10/h1-3,5-6,11H,4,7-9H2/t11-,13?/m1/s1. The van der Waals surface area contributed by atoms with Crippen molar-refractivity contribution in [3.63, 3.8) is 0 Å². The molecule has 1 aromatic rings. The van der Waals surface area contributed by atoms with Crippen LogP contribution in [-0.2, 0) is 6.42 Å². The van der Waals surface area contributed by atoms with Gasteiger partial charge in [-0.3, -0.25) is 0 Å². The third kappa shape index (κ3) is 2.34. The van der Waals surface area contributed by atoms with E-state index in [1.54, 1.807) is 0 Å². The van der Waals surface area contributed by atoms with E-state index in [1.165, 1.54) is 31.0 Å². The van der Waals surface area contributed by atoms with E-state index in [9.17, 15) is 0 Å². The predicted molar refractivity (Wildman–Crippen MR) is 60.7 cm³/mol. The van der Waals surface area contributed by atoms with E-state index in [2.05, 4.69) is 30.3 Å². The summed E-state index contributed by atoms with van der Waals surface area (Å²) in [6.07, 6.45) is 5.17. The zero-order valence-corrected chi connectivity index (χ0v) is 8.71. The van der Waals surface area contributed by atoms with Crippen molar-refractivity contribution in [2.45, 2.75) is 24.9 Å². The van der Waals surface area contributed by atoms with Crippen LogP contribution in [0.3, 0.4) is 0 Å². The second-order valence-electron chi connectivity index (χ2n) is 3.72. The third-order valence-corrected chi connectivity index (χ3v) is 4.95. The van der Waals surface area contributed by atoms with E-state index in [4.69, 9.17) is 7.57 Å². The van der Waals surface area contributed by atoms with Gasteiger partial charge in [0, 0.05) is 0 Å². The lowest BCUT2D eigenvalue weighted by atomic mass is 10.1. The smallest absolute Gasteiger partial charge is 0.109 e. The molecule has 1 unspecified atom stereocenters. The highest BCUT2D eigenvalue weighted by atomic mass is 31.1. The van der Waals surface area contributed by atoms with Crippen LogP contribution < -0.4 is 0 Å². The minimum atomic E-state index is -0.152. The quantitative estimate of drug-likeness (QED) is 0.494. The van der Waals surface area contributed by atoms with Gasteiger partial charge in [0.15, 0.2) is 0 Å². The van der Waals surface area contributed by atoms with Crippen molar-refractivity contribution in [3.05, 3.63) is 35.9 Å². The molecule has 2 rings (SSSR count). The van der Waals surface area contributed by atoms with Gasteiger partial charge < -0.3 is 0 Å². The fourth-order valence-corrected chi connectivity index (χ4v) is 3.84. The monoisotopic (exact) mass is 188 g/mol. The maximum absolute atomic E-state index is 6.09. The summed E-state index contributed by atoms with van der Waals surface area (Å²) < 4.78 is 0. The first-order chi connectivity index (χ1) is 6.36. The van der Waals surface area contributed by atoms with Crippen molar-refractivity contribution < 1.29 is 0 Å². The maximum atomic E-state index is 6.09. The highest BCUT2D eigenvalue weighted by Crippen LogP contribution is 2.46. The molecule has 0 saturated carbocycles. The SMILES string of the molecule is [B]P1CCC[C@@H]1Cc1ccccc1. The number of hydrogen-bond acceptors (Lipinski definition) is 0. The van der Waals surface area contributed by atoms with Crippen LogP contribution >= 0.6 is 7.80 Å². The Kier molecular flexibility index (Phi) is 3.06. The lowest BCUT2D eigenvalue weighted by Gasteiger charge is -2.15. The first-order valence-corrected chi connectivity index (χ1v) is 6.58. The fraction of sp³-hybridized carbons (Fsp3) is 0.455. The Bertz CT molecular complexity index is 260. The highest BCUT2D eigenvalue weighted by molar-refractivity contribution is 7.82. The average Bonchev–Trinajstić information content (AvgIpc) is 2.54. The molecule has 0 aromatic heterocycles. The molecule has 1 aliphatic heterocycles. The van der Waals surface area contributed by atoms with Crippen molar-refractivity contribution in [2.75, 3.05) is 6.16 Å². The molecule has 0 spiro atoms. The van der Waals surface area contributed by atoms with Gasteiger partial charge in [-0.15, -0.1) is 0 Å². The molecule has 2 radical (unpaired) electrons. The van der Waals surface area contributed by atoms with E-state index < -0.39 is 0 Å². The van der Waals surface area contributed by atoms with Crippen LogP contribution in [0, 0.1) is 0 Å². The number of hydrogen-bond donors (Lipinski definition) is 0. The summed E-state index contributed by atoms with van der Waals surface area (Å²) in [4.78, 5) is 0. The van der Waals surface area contributed by atoms with Crippen LogP contribution in [0.4, 0.5) is 0 Å². The van der Waals surface area contributed by atoms with Crippen molar-refractivity contribution in [3.8, 4) is 0 Å².